The molecule has 3 amide bonds. The Bertz CT molecular complexity index is 1230. The lowest BCUT2D eigenvalue weighted by Gasteiger charge is -2.17. The first-order chi connectivity index (χ1) is 17.9. The summed E-state index contributed by atoms with van der Waals surface area (Å²) in [4.78, 5) is 40.1. The second kappa shape index (κ2) is 12.1. The first kappa shape index (κ1) is 26.5. The van der Waals surface area contributed by atoms with Gasteiger partial charge in [-0.15, -0.1) is 0 Å². The van der Waals surface area contributed by atoms with E-state index in [1.165, 1.54) is 7.11 Å². The lowest BCUT2D eigenvalue weighted by atomic mass is 10.2. The number of nitrogens with one attached hydrogen (secondary N) is 1. The van der Waals surface area contributed by atoms with E-state index in [9.17, 15) is 14.4 Å². The molecule has 0 unspecified atom stereocenters. The van der Waals surface area contributed by atoms with Crippen LogP contribution in [0, 0.1) is 0 Å². The molecule has 0 aromatic heterocycles. The van der Waals surface area contributed by atoms with E-state index in [2.05, 4.69) is 5.43 Å². The van der Waals surface area contributed by atoms with E-state index in [0.717, 1.165) is 42.7 Å². The van der Waals surface area contributed by atoms with Crippen molar-refractivity contribution in [1.29, 1.82) is 0 Å². The van der Waals surface area contributed by atoms with Crippen LogP contribution < -0.4 is 19.6 Å². The molecule has 2 heterocycles. The molecular weight excluding hydrogens is 514 g/mol. The predicted molar refractivity (Wildman–Crippen MR) is 144 cm³/mol. The largest absolute Gasteiger partial charge is 0.497 e. The molecule has 2 aliphatic heterocycles. The lowest BCUT2D eigenvalue weighted by molar-refractivity contribution is -0.132. The van der Waals surface area contributed by atoms with Gasteiger partial charge in [0.1, 0.15) is 5.75 Å². The second-order valence-electron chi connectivity index (χ2n) is 8.20. The maximum absolute atomic E-state index is 13.0. The number of ether oxygens (including phenoxy) is 3. The molecule has 0 saturated carbocycles. The number of carbonyl (C=O) groups is 3. The summed E-state index contributed by atoms with van der Waals surface area (Å²) in [6, 6.07) is 11.7. The molecule has 0 atom stereocenters. The molecule has 0 bridgehead atoms. The van der Waals surface area contributed by atoms with E-state index < -0.39 is 11.8 Å². The predicted octanol–water partition coefficient (Wildman–Crippen LogP) is 3.64. The van der Waals surface area contributed by atoms with Gasteiger partial charge in [-0.3, -0.25) is 19.8 Å². The average molecular weight is 542 g/mol. The summed E-state index contributed by atoms with van der Waals surface area (Å²) in [6.07, 6.45) is 3.70. The highest BCUT2D eigenvalue weighted by Gasteiger charge is 2.34. The van der Waals surface area contributed by atoms with Crippen LogP contribution in [0.15, 0.2) is 47.4 Å². The first-order valence-electron chi connectivity index (χ1n) is 11.8. The maximum Gasteiger partial charge on any atom is 0.285 e. The number of hydrazine groups is 1. The first-order valence-corrected chi connectivity index (χ1v) is 13.0. The van der Waals surface area contributed by atoms with Crippen LogP contribution in [0.4, 0.5) is 0 Å². The zero-order valence-corrected chi connectivity index (χ0v) is 22.2. The van der Waals surface area contributed by atoms with Crippen LogP contribution in [0.3, 0.4) is 0 Å². The summed E-state index contributed by atoms with van der Waals surface area (Å²) < 4.78 is 16.8. The SMILES string of the molecule is CCOc1cc(/C=C2\SC(=S)N(NC(=O)c3ccc(OC)cc3)C2=O)ccc1OCC(=O)N1CCCC1. The number of nitrogens with zero attached hydrogens (tertiary/aromatic N) is 2. The topological polar surface area (TPSA) is 97.4 Å². The van der Waals surface area contributed by atoms with Crippen molar-refractivity contribution >= 4 is 52.1 Å². The zero-order chi connectivity index (χ0) is 26.4. The van der Waals surface area contributed by atoms with Gasteiger partial charge in [0.05, 0.1) is 18.6 Å². The minimum Gasteiger partial charge on any atom is -0.497 e. The van der Waals surface area contributed by atoms with Crippen molar-refractivity contribution in [3.8, 4) is 17.2 Å². The third-order valence-corrected chi connectivity index (χ3v) is 7.04. The third-order valence-electron chi connectivity index (χ3n) is 5.73. The molecule has 1 N–H and O–H groups in total. The summed E-state index contributed by atoms with van der Waals surface area (Å²) in [5, 5.41) is 1.06. The van der Waals surface area contributed by atoms with E-state index >= 15 is 0 Å². The number of hydrogen-bond acceptors (Lipinski definition) is 8. The van der Waals surface area contributed by atoms with Crippen molar-refractivity contribution in [3.05, 3.63) is 58.5 Å². The quantitative estimate of drug-likeness (QED) is 0.380. The molecule has 194 valence electrons. The summed E-state index contributed by atoms with van der Waals surface area (Å²) in [5.41, 5.74) is 3.60. The third kappa shape index (κ3) is 6.41. The van der Waals surface area contributed by atoms with Crippen molar-refractivity contribution < 1.29 is 28.6 Å². The number of carbonyl (C=O) groups excluding carboxylic acids is 3. The zero-order valence-electron chi connectivity index (χ0n) is 20.5. The van der Waals surface area contributed by atoms with Crippen LogP contribution in [0.5, 0.6) is 17.2 Å². The Morgan fingerprint density at radius 3 is 2.49 bits per heavy atom. The number of likely N-dealkylation sites (tertiary alicyclic amines) is 1. The summed E-state index contributed by atoms with van der Waals surface area (Å²) >= 11 is 6.41. The normalized spacial score (nSPS) is 16.3. The van der Waals surface area contributed by atoms with E-state index in [1.54, 1.807) is 53.4 Å². The van der Waals surface area contributed by atoms with Gasteiger partial charge in [0, 0.05) is 18.7 Å². The van der Waals surface area contributed by atoms with Crippen LogP contribution in [-0.4, -0.2) is 65.4 Å². The smallest absolute Gasteiger partial charge is 0.285 e. The molecule has 2 aromatic rings. The van der Waals surface area contributed by atoms with Gasteiger partial charge >= 0.3 is 0 Å². The molecule has 4 rings (SSSR count). The monoisotopic (exact) mass is 541 g/mol. The van der Waals surface area contributed by atoms with Crippen LogP contribution in [-0.2, 0) is 9.59 Å². The number of thioether (sulfide) groups is 1. The van der Waals surface area contributed by atoms with Gasteiger partial charge < -0.3 is 19.1 Å². The van der Waals surface area contributed by atoms with Crippen LogP contribution >= 0.6 is 24.0 Å². The van der Waals surface area contributed by atoms with E-state index in [1.807, 2.05) is 6.92 Å². The van der Waals surface area contributed by atoms with Crippen molar-refractivity contribution in [1.82, 2.24) is 15.3 Å². The van der Waals surface area contributed by atoms with E-state index in [0.29, 0.717) is 39.9 Å². The fourth-order valence-corrected chi connectivity index (χ4v) is 5.00. The molecule has 11 heteroatoms. The molecule has 2 saturated heterocycles. The van der Waals surface area contributed by atoms with Crippen molar-refractivity contribution in [2.45, 2.75) is 19.8 Å². The highest BCUT2D eigenvalue weighted by Crippen LogP contribution is 2.34. The molecule has 2 aliphatic rings. The van der Waals surface area contributed by atoms with Gasteiger partial charge in [-0.2, -0.15) is 5.01 Å². The molecule has 9 nitrogen and oxygen atoms in total. The number of thiocarbonyl (C=S) groups is 1. The van der Waals surface area contributed by atoms with Crippen molar-refractivity contribution in [2.75, 3.05) is 33.4 Å². The molecule has 0 spiro atoms. The Kier molecular flexibility index (Phi) is 8.67. The fraction of sp³-hybridized carbons (Fsp3) is 0.308. The van der Waals surface area contributed by atoms with Crippen molar-refractivity contribution in [3.63, 3.8) is 0 Å². The highest BCUT2D eigenvalue weighted by molar-refractivity contribution is 8.26. The van der Waals surface area contributed by atoms with E-state index in [-0.39, 0.29) is 16.8 Å². The van der Waals surface area contributed by atoms with Gasteiger partial charge in [0.25, 0.3) is 17.7 Å². The van der Waals surface area contributed by atoms with E-state index in [4.69, 9.17) is 26.4 Å². The standard InChI is InChI=1S/C26H27N3O6S2/c1-3-34-21-14-17(6-11-20(21)35-16-23(30)28-12-4-5-13-28)15-22-25(32)29(26(36)37-22)27-24(31)18-7-9-19(33-2)10-8-18/h6-11,14-15H,3-5,12-13,16H2,1-2H3,(H,27,31)/b22-15-. The number of methoxy groups -OCH3 is 1. The van der Waals surface area contributed by atoms with Crippen LogP contribution in [0.2, 0.25) is 0 Å². The molecule has 37 heavy (non-hydrogen) atoms. The Hall–Kier alpha value is -3.57. The number of rotatable bonds is 9. The van der Waals surface area contributed by atoms with Gasteiger partial charge in [-0.1, -0.05) is 17.8 Å². The lowest BCUT2D eigenvalue weighted by Crippen LogP contribution is -2.44. The molecule has 2 aromatic carbocycles. The van der Waals surface area contributed by atoms with Gasteiger partial charge in [0.2, 0.25) is 0 Å². The number of amides is 3. The molecular formula is C26H27N3O6S2. The van der Waals surface area contributed by atoms with Gasteiger partial charge in [-0.25, -0.2) is 0 Å². The summed E-state index contributed by atoms with van der Waals surface area (Å²) in [5.74, 6) is 0.574. The molecule has 0 radical (unpaired) electrons. The Morgan fingerprint density at radius 1 is 1.08 bits per heavy atom. The Labute approximate surface area is 224 Å². The van der Waals surface area contributed by atoms with Gasteiger partial charge in [-0.05, 0) is 80.0 Å². The van der Waals surface area contributed by atoms with Gasteiger partial charge in [0.15, 0.2) is 22.4 Å². The second-order valence-corrected chi connectivity index (χ2v) is 9.88. The molecule has 0 aliphatic carbocycles. The van der Waals surface area contributed by atoms with Crippen LogP contribution in [0.1, 0.15) is 35.7 Å². The maximum atomic E-state index is 13.0. The molecule has 2 fully saturated rings. The van der Waals surface area contributed by atoms with Crippen LogP contribution in [0.25, 0.3) is 6.08 Å². The minimum atomic E-state index is -0.469. The Morgan fingerprint density at radius 2 is 1.81 bits per heavy atom. The average Bonchev–Trinajstić information content (AvgIpc) is 3.53. The summed E-state index contributed by atoms with van der Waals surface area (Å²) in [6.45, 7) is 3.71. The number of hydrogen-bond donors (Lipinski definition) is 1. The minimum absolute atomic E-state index is 0.0515. The highest BCUT2D eigenvalue weighted by atomic mass is 32.2. The Balaban J connectivity index is 1.44. The summed E-state index contributed by atoms with van der Waals surface area (Å²) in [7, 11) is 1.54. The number of benzene rings is 2. The fourth-order valence-electron chi connectivity index (χ4n) is 3.82. The van der Waals surface area contributed by atoms with Crippen molar-refractivity contribution in [2.24, 2.45) is 0 Å².